The molecule has 670 valence electrons. The number of halogens is 3. The van der Waals surface area contributed by atoms with Gasteiger partial charge in [-0.25, -0.2) is 38.0 Å². The second kappa shape index (κ2) is 54.2. The molecule has 7 aliphatic heterocycles. The van der Waals surface area contributed by atoms with Gasteiger partial charge in [-0.1, -0.05) is 216 Å². The van der Waals surface area contributed by atoms with Crippen LogP contribution in [0.15, 0.2) is 300 Å². The number of benzene rings is 7. The quantitative estimate of drug-likeness (QED) is 0.0343. The van der Waals surface area contributed by atoms with Gasteiger partial charge in [-0.15, -0.1) is 0 Å². The van der Waals surface area contributed by atoms with Crippen LogP contribution in [-0.4, -0.2) is 133 Å². The van der Waals surface area contributed by atoms with Crippen molar-refractivity contribution >= 4 is 93.6 Å². The fourth-order valence-corrected chi connectivity index (χ4v) is 13.5. The molecule has 14 rings (SSSR count). The largest absolute Gasteiger partial charge is 0.501 e. The first-order valence-electron chi connectivity index (χ1n) is 41.9. The van der Waals surface area contributed by atoms with Gasteiger partial charge in [0.15, 0.2) is 0 Å². The Morgan fingerprint density at radius 1 is 0.394 bits per heavy atom. The first-order chi connectivity index (χ1) is 61.3. The van der Waals surface area contributed by atoms with E-state index in [1.165, 1.54) is 84.0 Å². The minimum Gasteiger partial charge on any atom is -0.501 e. The van der Waals surface area contributed by atoms with Gasteiger partial charge in [0.2, 0.25) is 0 Å². The van der Waals surface area contributed by atoms with E-state index in [-0.39, 0.29) is 78.3 Å². The van der Waals surface area contributed by atoms with Gasteiger partial charge in [0.1, 0.15) is 88.4 Å². The molecule has 7 aliphatic rings. The van der Waals surface area contributed by atoms with Crippen LogP contribution in [0.1, 0.15) is 136 Å². The van der Waals surface area contributed by atoms with Crippen molar-refractivity contribution in [3.05, 3.63) is 355 Å². The van der Waals surface area contributed by atoms with Crippen molar-refractivity contribution in [2.45, 2.75) is 160 Å². The summed E-state index contributed by atoms with van der Waals surface area (Å²) in [6.07, 6.45) is 33.8. The molecule has 21 nitrogen and oxygen atoms in total. The summed E-state index contributed by atoms with van der Waals surface area (Å²) in [6.45, 7) is 9.22. The molecular weight excluding hydrogens is 1710 g/mol. The van der Waals surface area contributed by atoms with Gasteiger partial charge >= 0.3 is 41.8 Å². The second-order valence-corrected chi connectivity index (χ2v) is 31.3. The van der Waals surface area contributed by atoms with Crippen LogP contribution in [0.25, 0.3) is 24.3 Å². The van der Waals surface area contributed by atoms with Crippen molar-refractivity contribution in [1.29, 1.82) is 0 Å². The number of hydrogen-bond donors (Lipinski definition) is 0. The standard InChI is InChI=1S/C16H20O3.C15H16O3.2C15H18O3.C14H13BrO3.C14H13ClO3.C14H13FO3/c1-2-10-18-15-11-14(19-16(17)12-15)9-8-13-6-4-3-5-7-13;1-11-3-5-12(6-4-11)7-8-13-9-14(17-2)10-15(16)18-13;1-15(9-8-12-6-4-3-5-7-12)11-13(17-2)10-14(16)18-15;1-2-17-14-10-13(18-15(16)11-14)9-8-12-6-4-3-5-7-12;3*1-17-13-8-12(18-14(16)9-13)7-4-10-2-5-11(15)6-3-10/h3-7,12,14H,2,8-11H2,1H3;3-8,10,13H,9H2,1-2H3;3-7,10H,8-9,11H2,1-2H3;3-7,11,13H,2,8-10H2,1H3;3*2-7,9,12H,8H2,1H3/b;8-7+;;;3*7-4+. The average Bonchev–Trinajstić information content (AvgIpc) is 0.826. The van der Waals surface area contributed by atoms with E-state index in [1.54, 1.807) is 52.7 Å². The summed E-state index contributed by atoms with van der Waals surface area (Å²) in [4.78, 5) is 79.4. The third-order valence-electron chi connectivity index (χ3n) is 19.8. The number of carbonyl (C=O) groups excluding carboxylic acids is 7. The minimum atomic E-state index is -0.465. The Morgan fingerprint density at radius 2 is 0.717 bits per heavy atom. The molecule has 0 fully saturated rings. The predicted octanol–water partition coefficient (Wildman–Crippen LogP) is 21.0. The van der Waals surface area contributed by atoms with Crippen LogP contribution in [0, 0.1) is 12.7 Å². The zero-order valence-electron chi connectivity index (χ0n) is 73.0. The molecule has 24 heteroatoms. The molecule has 0 amide bonds. The predicted molar refractivity (Wildman–Crippen MR) is 489 cm³/mol. The lowest BCUT2D eigenvalue weighted by atomic mass is 9.91. The van der Waals surface area contributed by atoms with Crippen LogP contribution in [0.3, 0.4) is 0 Å². The third-order valence-corrected chi connectivity index (χ3v) is 20.5. The van der Waals surface area contributed by atoms with E-state index >= 15 is 0 Å². The summed E-state index contributed by atoms with van der Waals surface area (Å²) >= 11 is 9.18. The monoisotopic (exact) mass is 1820 g/mol. The number of methoxy groups -OCH3 is 5. The lowest BCUT2D eigenvalue weighted by Gasteiger charge is -2.32. The Labute approximate surface area is 757 Å². The Hall–Kier alpha value is -12.7. The zero-order valence-corrected chi connectivity index (χ0v) is 75.4. The number of esters is 7. The summed E-state index contributed by atoms with van der Waals surface area (Å²) < 4.78 is 86.8. The third kappa shape index (κ3) is 38.7. The van der Waals surface area contributed by atoms with E-state index in [0.717, 1.165) is 83.2 Å². The van der Waals surface area contributed by atoms with Crippen LogP contribution >= 0.6 is 27.5 Å². The smallest absolute Gasteiger partial charge is 0.334 e. The molecule has 0 aliphatic carbocycles. The van der Waals surface area contributed by atoms with Crippen molar-refractivity contribution < 1.29 is 104 Å². The van der Waals surface area contributed by atoms with Crippen LogP contribution in [0.5, 0.6) is 0 Å². The summed E-state index contributed by atoms with van der Waals surface area (Å²) in [5, 5.41) is 0.695. The molecule has 0 saturated carbocycles. The normalized spacial score (nSPS) is 19.9. The van der Waals surface area contributed by atoms with Gasteiger partial charge in [-0.05, 0) is 165 Å². The Balaban J connectivity index is 0.000000183. The maximum atomic E-state index is 12.7. The Morgan fingerprint density at radius 3 is 1.08 bits per heavy atom. The zero-order chi connectivity index (χ0) is 91.1. The number of ether oxygens (including phenoxy) is 14. The molecule has 0 bridgehead atoms. The number of hydrogen-bond acceptors (Lipinski definition) is 21. The fraction of sp³-hybridized carbons (Fsp3) is 0.311. The maximum absolute atomic E-state index is 12.7. The van der Waals surface area contributed by atoms with Crippen molar-refractivity contribution in [2.75, 3.05) is 48.8 Å². The lowest BCUT2D eigenvalue weighted by Crippen LogP contribution is -2.36. The van der Waals surface area contributed by atoms with Crippen molar-refractivity contribution in [3.63, 3.8) is 0 Å². The highest BCUT2D eigenvalue weighted by molar-refractivity contribution is 9.10. The summed E-state index contributed by atoms with van der Waals surface area (Å²) in [5.41, 5.74) is 8.54. The van der Waals surface area contributed by atoms with E-state index in [0.29, 0.717) is 92.0 Å². The highest BCUT2D eigenvalue weighted by Crippen LogP contribution is 2.32. The van der Waals surface area contributed by atoms with E-state index < -0.39 is 11.6 Å². The fourth-order valence-electron chi connectivity index (χ4n) is 13.1. The van der Waals surface area contributed by atoms with E-state index in [2.05, 4.69) is 59.3 Å². The van der Waals surface area contributed by atoms with Crippen molar-refractivity contribution in [1.82, 2.24) is 0 Å². The molecule has 7 atom stereocenters. The maximum Gasteiger partial charge on any atom is 0.334 e. The topological polar surface area (TPSA) is 249 Å². The second-order valence-electron chi connectivity index (χ2n) is 29.9. The van der Waals surface area contributed by atoms with E-state index in [4.69, 9.17) is 77.9 Å². The Kier molecular flexibility index (Phi) is 42.6. The molecular formula is C103H111BrClFO21. The molecule has 7 unspecified atom stereocenters. The van der Waals surface area contributed by atoms with E-state index in [1.807, 2.05) is 185 Å². The summed E-state index contributed by atoms with van der Waals surface area (Å²) in [7, 11) is 7.77. The van der Waals surface area contributed by atoms with Crippen LogP contribution in [0.4, 0.5) is 4.39 Å². The molecule has 7 aromatic carbocycles. The molecule has 127 heavy (non-hydrogen) atoms. The summed E-state index contributed by atoms with van der Waals surface area (Å²) in [6, 6.07) is 60.2. The van der Waals surface area contributed by atoms with Gasteiger partial charge in [-0.2, -0.15) is 0 Å². The number of cyclic esters (lactones) is 7. The van der Waals surface area contributed by atoms with Crippen LogP contribution < -0.4 is 0 Å². The number of rotatable bonds is 27. The molecule has 0 spiro atoms. The van der Waals surface area contributed by atoms with Crippen molar-refractivity contribution in [3.8, 4) is 0 Å². The molecule has 7 aromatic rings. The van der Waals surface area contributed by atoms with Gasteiger partial charge in [0.25, 0.3) is 0 Å². The van der Waals surface area contributed by atoms with Gasteiger partial charge in [0.05, 0.1) is 91.3 Å². The average molecular weight is 1820 g/mol. The van der Waals surface area contributed by atoms with Crippen LogP contribution in [-0.2, 0) is 119 Å². The minimum absolute atomic E-state index is 0.0652. The van der Waals surface area contributed by atoms with Gasteiger partial charge in [0, 0.05) is 54.4 Å². The first kappa shape index (κ1) is 99.7. The van der Waals surface area contributed by atoms with Gasteiger partial charge < -0.3 is 66.3 Å². The van der Waals surface area contributed by atoms with Crippen LogP contribution in [0.2, 0.25) is 5.02 Å². The van der Waals surface area contributed by atoms with Crippen molar-refractivity contribution in [2.24, 2.45) is 0 Å². The Bertz CT molecular complexity index is 4660. The molecule has 0 N–H and O–H groups in total. The molecule has 7 heterocycles. The molecule has 0 saturated heterocycles. The highest BCUT2D eigenvalue weighted by Gasteiger charge is 2.34. The van der Waals surface area contributed by atoms with Gasteiger partial charge in [-0.3, -0.25) is 0 Å². The number of carbonyl (C=O) groups is 7. The van der Waals surface area contributed by atoms with E-state index in [9.17, 15) is 38.0 Å². The molecule has 0 radical (unpaired) electrons. The highest BCUT2D eigenvalue weighted by atomic mass is 79.9. The summed E-state index contributed by atoms with van der Waals surface area (Å²) in [5.74, 6) is 2.09. The first-order valence-corrected chi connectivity index (χ1v) is 43.1. The lowest BCUT2D eigenvalue weighted by molar-refractivity contribution is -0.156. The number of aryl methyl sites for hydroxylation is 4. The SMILES string of the molecule is CCCOC1=CC(=O)OC(CCc2ccccc2)C1.CCOC1=CC(=O)OC(CCc2ccccc2)C1.COC1=CC(=O)OC(/C=C/c2ccc(Br)cc2)C1.COC1=CC(=O)OC(/C=C/c2ccc(C)cc2)C1.COC1=CC(=O)OC(/C=C/c2ccc(Cl)cc2)C1.COC1=CC(=O)OC(/C=C/c2ccc(F)cc2)C1.COC1=CC(=O)OC(C)(CCc2ccccc2)C1. The molecule has 0 aromatic heterocycles.